The number of carbonyl (C=O) groups excluding carboxylic acids is 1. The molecule has 0 aromatic heterocycles. The molecule has 5 heteroatoms. The van der Waals surface area contributed by atoms with E-state index in [0.717, 1.165) is 15.6 Å². The van der Waals surface area contributed by atoms with Gasteiger partial charge in [0.05, 0.1) is 19.1 Å². The number of aliphatic hydroxyl groups excluding tert-OH is 1. The molecule has 1 amide bonds. The number of hydrogen-bond donors (Lipinski definition) is 2. The molecular formula is C14H20BrNO3. The molecule has 1 unspecified atom stereocenters. The largest absolute Gasteiger partial charge is 0.391 e. The number of rotatable bonds is 7. The minimum atomic E-state index is -0.528. The quantitative estimate of drug-likeness (QED) is 0.802. The predicted molar refractivity (Wildman–Crippen MR) is 78.1 cm³/mol. The number of methoxy groups -OCH3 is 1. The molecule has 4 nitrogen and oxygen atoms in total. The van der Waals surface area contributed by atoms with Gasteiger partial charge in [-0.15, -0.1) is 0 Å². The van der Waals surface area contributed by atoms with E-state index in [4.69, 9.17) is 4.74 Å². The molecule has 19 heavy (non-hydrogen) atoms. The molecule has 0 aliphatic carbocycles. The van der Waals surface area contributed by atoms with Crippen molar-refractivity contribution in [1.82, 2.24) is 5.32 Å². The Kier molecular flexibility index (Phi) is 7.05. The highest BCUT2D eigenvalue weighted by Gasteiger charge is 2.08. The molecule has 0 fully saturated rings. The molecule has 0 aliphatic heterocycles. The number of nitrogens with one attached hydrogen (secondary N) is 1. The van der Waals surface area contributed by atoms with Crippen molar-refractivity contribution in [3.8, 4) is 0 Å². The fourth-order valence-electron chi connectivity index (χ4n) is 1.75. The van der Waals surface area contributed by atoms with Gasteiger partial charge in [-0.05, 0) is 36.6 Å². The molecule has 1 aromatic rings. The number of carbonyl (C=O) groups is 1. The van der Waals surface area contributed by atoms with E-state index in [1.54, 1.807) is 0 Å². The minimum Gasteiger partial charge on any atom is -0.391 e. The summed E-state index contributed by atoms with van der Waals surface area (Å²) in [5, 5.41) is 12.2. The van der Waals surface area contributed by atoms with Crippen LogP contribution < -0.4 is 5.32 Å². The Hall–Kier alpha value is -0.910. The van der Waals surface area contributed by atoms with Crippen LogP contribution in [0.4, 0.5) is 0 Å². The lowest BCUT2D eigenvalue weighted by Gasteiger charge is -2.11. The van der Waals surface area contributed by atoms with Crippen LogP contribution in [0.5, 0.6) is 0 Å². The summed E-state index contributed by atoms with van der Waals surface area (Å²) < 4.78 is 5.83. The predicted octanol–water partition coefficient (Wildman–Crippen LogP) is 1.81. The monoisotopic (exact) mass is 329 g/mol. The Morgan fingerprint density at radius 3 is 2.89 bits per heavy atom. The van der Waals surface area contributed by atoms with Gasteiger partial charge in [-0.1, -0.05) is 22.0 Å². The summed E-state index contributed by atoms with van der Waals surface area (Å²) in [6, 6.07) is 5.86. The number of ether oxygens (including phenoxy) is 1. The number of aliphatic hydroxyl groups is 1. The SMILES string of the molecule is COCC(O)CCNC(=O)Cc1ccc(Br)cc1C. The molecule has 1 rings (SSSR count). The summed E-state index contributed by atoms with van der Waals surface area (Å²) in [6.45, 7) is 2.73. The molecule has 0 aliphatic rings. The summed E-state index contributed by atoms with van der Waals surface area (Å²) in [4.78, 5) is 11.8. The van der Waals surface area contributed by atoms with Crippen molar-refractivity contribution in [2.75, 3.05) is 20.3 Å². The van der Waals surface area contributed by atoms with Gasteiger partial charge in [-0.2, -0.15) is 0 Å². The van der Waals surface area contributed by atoms with Gasteiger partial charge in [-0.25, -0.2) is 0 Å². The zero-order valence-corrected chi connectivity index (χ0v) is 12.9. The van der Waals surface area contributed by atoms with Gasteiger partial charge in [0.25, 0.3) is 0 Å². The summed E-state index contributed by atoms with van der Waals surface area (Å²) in [5.41, 5.74) is 2.10. The zero-order valence-electron chi connectivity index (χ0n) is 11.3. The van der Waals surface area contributed by atoms with Gasteiger partial charge in [0.15, 0.2) is 0 Å². The van der Waals surface area contributed by atoms with Crippen LogP contribution in [0.25, 0.3) is 0 Å². The highest BCUT2D eigenvalue weighted by Crippen LogP contribution is 2.16. The van der Waals surface area contributed by atoms with Crippen LogP contribution in [-0.2, 0) is 16.0 Å². The Morgan fingerprint density at radius 2 is 2.26 bits per heavy atom. The van der Waals surface area contributed by atoms with Crippen molar-refractivity contribution < 1.29 is 14.6 Å². The van der Waals surface area contributed by atoms with Crippen LogP contribution in [0.15, 0.2) is 22.7 Å². The van der Waals surface area contributed by atoms with E-state index >= 15 is 0 Å². The van der Waals surface area contributed by atoms with Crippen LogP contribution in [0.3, 0.4) is 0 Å². The van der Waals surface area contributed by atoms with Gasteiger partial charge in [0.1, 0.15) is 0 Å². The Bertz CT molecular complexity index is 423. The first-order valence-corrected chi connectivity index (χ1v) is 7.01. The maximum Gasteiger partial charge on any atom is 0.224 e. The zero-order chi connectivity index (χ0) is 14.3. The Balaban J connectivity index is 2.35. The molecular weight excluding hydrogens is 310 g/mol. The smallest absolute Gasteiger partial charge is 0.224 e. The number of benzene rings is 1. The summed E-state index contributed by atoms with van der Waals surface area (Å²) in [7, 11) is 1.54. The topological polar surface area (TPSA) is 58.6 Å². The van der Waals surface area contributed by atoms with Crippen molar-refractivity contribution in [3.63, 3.8) is 0 Å². The fourth-order valence-corrected chi connectivity index (χ4v) is 2.22. The van der Waals surface area contributed by atoms with E-state index in [1.807, 2.05) is 25.1 Å². The maximum absolute atomic E-state index is 11.8. The molecule has 0 bridgehead atoms. The molecule has 0 saturated carbocycles. The number of hydrogen-bond acceptors (Lipinski definition) is 3. The van der Waals surface area contributed by atoms with Crippen LogP contribution in [0.1, 0.15) is 17.5 Å². The van der Waals surface area contributed by atoms with Crippen molar-refractivity contribution in [1.29, 1.82) is 0 Å². The van der Waals surface area contributed by atoms with Gasteiger partial charge < -0.3 is 15.2 Å². The normalized spacial score (nSPS) is 12.2. The molecule has 0 spiro atoms. The highest BCUT2D eigenvalue weighted by atomic mass is 79.9. The minimum absolute atomic E-state index is 0.0324. The Labute approximate surface area is 122 Å². The van der Waals surface area contributed by atoms with E-state index in [9.17, 15) is 9.90 Å². The second-order valence-electron chi connectivity index (χ2n) is 4.50. The lowest BCUT2D eigenvalue weighted by atomic mass is 10.1. The first-order valence-electron chi connectivity index (χ1n) is 6.21. The third kappa shape index (κ3) is 6.18. The lowest BCUT2D eigenvalue weighted by molar-refractivity contribution is -0.120. The van der Waals surface area contributed by atoms with Crippen molar-refractivity contribution in [2.24, 2.45) is 0 Å². The number of aryl methyl sites for hydroxylation is 1. The molecule has 0 heterocycles. The van der Waals surface area contributed by atoms with Crippen molar-refractivity contribution >= 4 is 21.8 Å². The van der Waals surface area contributed by atoms with E-state index in [1.165, 1.54) is 7.11 Å². The molecule has 1 atom stereocenters. The van der Waals surface area contributed by atoms with Crippen LogP contribution in [0.2, 0.25) is 0 Å². The maximum atomic E-state index is 11.8. The van der Waals surface area contributed by atoms with E-state index in [2.05, 4.69) is 21.2 Å². The first-order chi connectivity index (χ1) is 9.02. The summed E-state index contributed by atoms with van der Waals surface area (Å²) in [6.07, 6.45) is 0.331. The van der Waals surface area contributed by atoms with Crippen LogP contribution in [0, 0.1) is 6.92 Å². The van der Waals surface area contributed by atoms with Crippen LogP contribution in [-0.4, -0.2) is 37.4 Å². The molecule has 1 aromatic carbocycles. The van der Waals surface area contributed by atoms with E-state index in [-0.39, 0.29) is 5.91 Å². The van der Waals surface area contributed by atoms with Gasteiger partial charge in [0, 0.05) is 18.1 Å². The average molecular weight is 330 g/mol. The lowest BCUT2D eigenvalue weighted by Crippen LogP contribution is -2.29. The van der Waals surface area contributed by atoms with Crippen molar-refractivity contribution in [3.05, 3.63) is 33.8 Å². The fraction of sp³-hybridized carbons (Fsp3) is 0.500. The van der Waals surface area contributed by atoms with Crippen LogP contribution >= 0.6 is 15.9 Å². The molecule has 0 radical (unpaired) electrons. The summed E-state index contributed by atoms with van der Waals surface area (Å²) >= 11 is 3.39. The second kappa shape index (κ2) is 8.30. The third-order valence-electron chi connectivity index (χ3n) is 2.81. The van der Waals surface area contributed by atoms with E-state index in [0.29, 0.717) is 26.0 Å². The highest BCUT2D eigenvalue weighted by molar-refractivity contribution is 9.10. The second-order valence-corrected chi connectivity index (χ2v) is 5.41. The van der Waals surface area contributed by atoms with Gasteiger partial charge in [0.2, 0.25) is 5.91 Å². The molecule has 106 valence electrons. The number of amides is 1. The van der Waals surface area contributed by atoms with Crippen molar-refractivity contribution in [2.45, 2.75) is 25.9 Å². The third-order valence-corrected chi connectivity index (χ3v) is 3.31. The van der Waals surface area contributed by atoms with Gasteiger partial charge in [-0.3, -0.25) is 4.79 Å². The summed E-state index contributed by atoms with van der Waals surface area (Å²) in [5.74, 6) is -0.0324. The van der Waals surface area contributed by atoms with E-state index < -0.39 is 6.10 Å². The standard InChI is InChI=1S/C14H20BrNO3/c1-10-7-12(15)4-3-11(10)8-14(18)16-6-5-13(17)9-19-2/h3-4,7,13,17H,5-6,8-9H2,1-2H3,(H,16,18). The molecule has 0 saturated heterocycles. The molecule has 2 N–H and O–H groups in total. The Morgan fingerprint density at radius 1 is 1.53 bits per heavy atom. The number of halogens is 1. The van der Waals surface area contributed by atoms with Gasteiger partial charge >= 0.3 is 0 Å². The first kappa shape index (κ1) is 16.1. The average Bonchev–Trinajstić information content (AvgIpc) is 2.33.